The van der Waals surface area contributed by atoms with Crippen molar-refractivity contribution >= 4 is 12.0 Å². The Kier molecular flexibility index (Phi) is 6.15. The SMILES string of the molecule is CCOC(=O)c1cccc(-c2ccc(/C=C(\C#N)C(N)=C(C#N)C#N)o2)c1. The second-order valence-corrected chi connectivity index (χ2v) is 5.19. The molecule has 0 amide bonds. The zero-order valence-electron chi connectivity index (χ0n) is 14.4. The normalized spacial score (nSPS) is 10.2. The predicted molar refractivity (Wildman–Crippen MR) is 96.1 cm³/mol. The van der Waals surface area contributed by atoms with Gasteiger partial charge in [-0.2, -0.15) is 15.8 Å². The molecule has 0 aliphatic carbocycles. The quantitative estimate of drug-likeness (QED) is 0.492. The van der Waals surface area contributed by atoms with E-state index in [9.17, 15) is 10.1 Å². The lowest BCUT2D eigenvalue weighted by molar-refractivity contribution is 0.0526. The first-order valence-corrected chi connectivity index (χ1v) is 7.83. The second-order valence-electron chi connectivity index (χ2n) is 5.19. The summed E-state index contributed by atoms with van der Waals surface area (Å²) in [6, 6.07) is 15.1. The van der Waals surface area contributed by atoms with E-state index in [0.29, 0.717) is 22.6 Å². The van der Waals surface area contributed by atoms with Crippen LogP contribution in [0.25, 0.3) is 17.4 Å². The first-order chi connectivity index (χ1) is 13.0. The molecule has 0 saturated carbocycles. The van der Waals surface area contributed by atoms with Crippen molar-refractivity contribution in [1.82, 2.24) is 0 Å². The van der Waals surface area contributed by atoms with Gasteiger partial charge in [0, 0.05) is 11.6 Å². The zero-order chi connectivity index (χ0) is 19.8. The van der Waals surface area contributed by atoms with E-state index in [0.717, 1.165) is 0 Å². The highest BCUT2D eigenvalue weighted by atomic mass is 16.5. The maximum atomic E-state index is 11.8. The maximum Gasteiger partial charge on any atom is 0.338 e. The number of allylic oxidation sites excluding steroid dienone is 2. The van der Waals surface area contributed by atoms with Crippen LogP contribution >= 0.6 is 0 Å². The largest absolute Gasteiger partial charge is 0.462 e. The van der Waals surface area contributed by atoms with Crippen LogP contribution < -0.4 is 5.73 Å². The minimum atomic E-state index is -0.434. The smallest absolute Gasteiger partial charge is 0.338 e. The third kappa shape index (κ3) is 4.42. The van der Waals surface area contributed by atoms with Gasteiger partial charge < -0.3 is 14.9 Å². The van der Waals surface area contributed by atoms with Crippen molar-refractivity contribution in [3.8, 4) is 29.5 Å². The molecule has 0 fully saturated rings. The fourth-order valence-corrected chi connectivity index (χ4v) is 2.19. The number of esters is 1. The summed E-state index contributed by atoms with van der Waals surface area (Å²) in [6.45, 7) is 2.00. The molecule has 7 heteroatoms. The molecule has 27 heavy (non-hydrogen) atoms. The molecule has 0 aliphatic rings. The molecule has 0 spiro atoms. The standard InChI is InChI=1S/C20H14N4O3/c1-2-26-20(25)14-5-3-4-13(8-14)18-7-6-17(27-18)9-15(10-21)19(24)16(11-22)12-23/h3-9H,2,24H2,1H3/b15-9+. The van der Waals surface area contributed by atoms with Gasteiger partial charge in [-0.25, -0.2) is 4.79 Å². The summed E-state index contributed by atoms with van der Waals surface area (Å²) >= 11 is 0. The summed E-state index contributed by atoms with van der Waals surface area (Å²) in [6.07, 6.45) is 1.34. The Labute approximate surface area is 155 Å². The first kappa shape index (κ1) is 19.1. The summed E-state index contributed by atoms with van der Waals surface area (Å²) < 4.78 is 10.6. The van der Waals surface area contributed by atoms with E-state index in [1.165, 1.54) is 6.08 Å². The van der Waals surface area contributed by atoms with Gasteiger partial charge in [0.2, 0.25) is 0 Å². The van der Waals surface area contributed by atoms with Crippen LogP contribution in [0.15, 0.2) is 57.7 Å². The maximum absolute atomic E-state index is 11.8. The number of carbonyl (C=O) groups is 1. The highest BCUT2D eigenvalue weighted by Crippen LogP contribution is 2.25. The molecular weight excluding hydrogens is 344 g/mol. The van der Waals surface area contributed by atoms with Gasteiger partial charge in [-0.3, -0.25) is 0 Å². The van der Waals surface area contributed by atoms with Crippen molar-refractivity contribution in [3.05, 3.63) is 64.6 Å². The number of benzene rings is 1. The molecule has 0 saturated heterocycles. The lowest BCUT2D eigenvalue weighted by Gasteiger charge is -2.03. The number of hydrogen-bond donors (Lipinski definition) is 1. The molecule has 7 nitrogen and oxygen atoms in total. The minimum absolute atomic E-state index is 0.0609. The Hall–Kier alpha value is -4.28. The summed E-state index contributed by atoms with van der Waals surface area (Å²) in [5, 5.41) is 26.9. The second kappa shape index (κ2) is 8.71. The van der Waals surface area contributed by atoms with Crippen molar-refractivity contribution in [2.75, 3.05) is 6.61 Å². The number of carbonyl (C=O) groups excluding carboxylic acids is 1. The van der Waals surface area contributed by atoms with Crippen LogP contribution in [0.4, 0.5) is 0 Å². The fraction of sp³-hybridized carbons (Fsp3) is 0.100. The van der Waals surface area contributed by atoms with E-state index in [4.69, 9.17) is 25.4 Å². The van der Waals surface area contributed by atoms with E-state index >= 15 is 0 Å². The number of rotatable bonds is 5. The average molecular weight is 358 g/mol. The van der Waals surface area contributed by atoms with Crippen molar-refractivity contribution in [3.63, 3.8) is 0 Å². The van der Waals surface area contributed by atoms with E-state index in [2.05, 4.69) is 0 Å². The predicted octanol–water partition coefficient (Wildman–Crippen LogP) is 3.29. The van der Waals surface area contributed by atoms with Crippen LogP contribution in [0.1, 0.15) is 23.0 Å². The van der Waals surface area contributed by atoms with Gasteiger partial charge >= 0.3 is 5.97 Å². The number of ether oxygens (including phenoxy) is 1. The molecule has 2 rings (SSSR count). The Morgan fingerprint density at radius 3 is 2.56 bits per heavy atom. The molecule has 1 aromatic heterocycles. The lowest BCUT2D eigenvalue weighted by Crippen LogP contribution is -2.04. The molecule has 0 atom stereocenters. The third-order valence-electron chi connectivity index (χ3n) is 3.48. The average Bonchev–Trinajstić information content (AvgIpc) is 3.16. The zero-order valence-corrected chi connectivity index (χ0v) is 14.4. The van der Waals surface area contributed by atoms with Crippen LogP contribution in [0.3, 0.4) is 0 Å². The topological polar surface area (TPSA) is 137 Å². The van der Waals surface area contributed by atoms with Gasteiger partial charge in [-0.05, 0) is 31.2 Å². The van der Waals surface area contributed by atoms with Crippen LogP contribution in [0.5, 0.6) is 0 Å². The minimum Gasteiger partial charge on any atom is -0.462 e. The summed E-state index contributed by atoms with van der Waals surface area (Å²) in [5.41, 5.74) is 6.10. The fourth-order valence-electron chi connectivity index (χ4n) is 2.19. The van der Waals surface area contributed by atoms with Crippen molar-refractivity contribution in [2.24, 2.45) is 5.73 Å². The van der Waals surface area contributed by atoms with Crippen LogP contribution in [-0.4, -0.2) is 12.6 Å². The molecule has 0 bridgehead atoms. The molecule has 2 aromatic rings. The summed E-state index contributed by atoms with van der Waals surface area (Å²) in [5.74, 6) is 0.338. The first-order valence-electron chi connectivity index (χ1n) is 7.83. The van der Waals surface area contributed by atoms with Gasteiger partial charge in [0.1, 0.15) is 29.7 Å². The third-order valence-corrected chi connectivity index (χ3v) is 3.48. The lowest BCUT2D eigenvalue weighted by atomic mass is 10.1. The van der Waals surface area contributed by atoms with Crippen LogP contribution in [0, 0.1) is 34.0 Å². The molecule has 0 unspecified atom stereocenters. The number of hydrogen-bond acceptors (Lipinski definition) is 7. The van der Waals surface area contributed by atoms with Crippen molar-refractivity contribution < 1.29 is 13.9 Å². The van der Waals surface area contributed by atoms with Gasteiger partial charge in [0.05, 0.1) is 23.4 Å². The van der Waals surface area contributed by atoms with Crippen LogP contribution in [-0.2, 0) is 4.74 Å². The molecule has 1 aromatic carbocycles. The molecule has 2 N–H and O–H groups in total. The Morgan fingerprint density at radius 2 is 1.93 bits per heavy atom. The monoisotopic (exact) mass is 358 g/mol. The van der Waals surface area contributed by atoms with E-state index < -0.39 is 5.97 Å². The van der Waals surface area contributed by atoms with E-state index in [1.54, 1.807) is 55.5 Å². The van der Waals surface area contributed by atoms with Gasteiger partial charge in [-0.1, -0.05) is 12.1 Å². The van der Waals surface area contributed by atoms with Gasteiger partial charge in [0.25, 0.3) is 0 Å². The molecule has 0 aliphatic heterocycles. The molecule has 0 radical (unpaired) electrons. The van der Waals surface area contributed by atoms with Crippen molar-refractivity contribution in [2.45, 2.75) is 6.92 Å². The summed E-state index contributed by atoms with van der Waals surface area (Å²) in [7, 11) is 0. The summed E-state index contributed by atoms with van der Waals surface area (Å²) in [4.78, 5) is 11.8. The Balaban J connectivity index is 2.38. The number of nitriles is 3. The highest BCUT2D eigenvalue weighted by molar-refractivity contribution is 5.90. The Morgan fingerprint density at radius 1 is 1.19 bits per heavy atom. The molecule has 132 valence electrons. The van der Waals surface area contributed by atoms with Crippen molar-refractivity contribution in [1.29, 1.82) is 15.8 Å². The number of furan rings is 1. The Bertz CT molecular complexity index is 1040. The number of nitrogens with two attached hydrogens (primary N) is 1. The molecule has 1 heterocycles. The number of nitrogens with zero attached hydrogens (tertiary/aromatic N) is 3. The van der Waals surface area contributed by atoms with Gasteiger partial charge in [0.15, 0.2) is 5.57 Å². The van der Waals surface area contributed by atoms with E-state index in [1.807, 2.05) is 6.07 Å². The van der Waals surface area contributed by atoms with E-state index in [-0.39, 0.29) is 23.5 Å². The molecular formula is C20H14N4O3. The van der Waals surface area contributed by atoms with Gasteiger partial charge in [-0.15, -0.1) is 0 Å². The highest BCUT2D eigenvalue weighted by Gasteiger charge is 2.12. The van der Waals surface area contributed by atoms with Crippen LogP contribution in [0.2, 0.25) is 0 Å².